The lowest BCUT2D eigenvalue weighted by molar-refractivity contribution is 1.16. The fraction of sp³-hybridized carbons (Fsp3) is 0. The van der Waals surface area contributed by atoms with Crippen molar-refractivity contribution in [3.05, 3.63) is 241 Å². The summed E-state index contributed by atoms with van der Waals surface area (Å²) < 4.78 is 4.44. The van der Waals surface area contributed by atoms with E-state index in [1.54, 1.807) is 0 Å². The van der Waals surface area contributed by atoms with Crippen LogP contribution in [0.1, 0.15) is 5.56 Å². The zero-order valence-electron chi connectivity index (χ0n) is 36.3. The van der Waals surface area contributed by atoms with E-state index in [9.17, 15) is 5.26 Å². The summed E-state index contributed by atoms with van der Waals surface area (Å²) in [6.45, 7) is 15.3. The number of fused-ring (bicyclic) bond motifs is 6. The second kappa shape index (κ2) is 16.3. The van der Waals surface area contributed by atoms with Crippen LogP contribution < -0.4 is 0 Å². The molecule has 0 spiro atoms. The maximum atomic E-state index is 10.6. The Labute approximate surface area is 392 Å². The molecule has 0 atom stereocenters. The normalized spacial score (nSPS) is 11.2. The zero-order chi connectivity index (χ0) is 45.7. The van der Waals surface area contributed by atoms with E-state index < -0.39 is 0 Å². The van der Waals surface area contributed by atoms with E-state index in [0.29, 0.717) is 22.8 Å². The third kappa shape index (κ3) is 6.74. The smallest absolute Gasteiger partial charge is 0.188 e. The molecule has 12 rings (SSSR count). The summed E-state index contributed by atoms with van der Waals surface area (Å²) in [5.74, 6) is 0.684. The van der Waals surface area contributed by atoms with Crippen molar-refractivity contribution in [3.63, 3.8) is 0 Å². The van der Waals surface area contributed by atoms with Gasteiger partial charge in [-0.25, -0.2) is 19.7 Å². The highest BCUT2D eigenvalue weighted by molar-refractivity contribution is 6.13. The van der Waals surface area contributed by atoms with E-state index in [0.717, 1.165) is 105 Å². The van der Waals surface area contributed by atoms with Crippen molar-refractivity contribution in [2.75, 3.05) is 0 Å². The monoisotopic (exact) mass is 865 g/mol. The van der Waals surface area contributed by atoms with Crippen LogP contribution in [0.15, 0.2) is 212 Å². The van der Waals surface area contributed by atoms with E-state index in [-0.39, 0.29) is 0 Å². The van der Waals surface area contributed by atoms with E-state index in [1.807, 2.05) is 97.1 Å². The highest BCUT2D eigenvalue weighted by atomic mass is 15.0. The summed E-state index contributed by atoms with van der Waals surface area (Å²) in [7, 11) is 0. The van der Waals surface area contributed by atoms with Gasteiger partial charge in [-0.15, -0.1) is 0 Å². The van der Waals surface area contributed by atoms with Gasteiger partial charge < -0.3 is 9.13 Å². The van der Waals surface area contributed by atoms with Gasteiger partial charge in [0.05, 0.1) is 58.2 Å². The van der Waals surface area contributed by atoms with Crippen molar-refractivity contribution in [1.82, 2.24) is 19.1 Å². The first-order chi connectivity index (χ1) is 33.5. The van der Waals surface area contributed by atoms with Gasteiger partial charge in [0.1, 0.15) is 0 Å². The van der Waals surface area contributed by atoms with Crippen LogP contribution in [0, 0.1) is 24.5 Å². The molecule has 7 heteroatoms. The lowest BCUT2D eigenvalue weighted by Gasteiger charge is -2.13. The topological polar surface area (TPSA) is 68.2 Å². The highest BCUT2D eigenvalue weighted by Gasteiger charge is 2.19. The van der Waals surface area contributed by atoms with Crippen LogP contribution in [-0.4, -0.2) is 19.1 Å². The molecule has 0 saturated heterocycles. The molecule has 0 amide bonds. The Morgan fingerprint density at radius 3 is 1.43 bits per heavy atom. The quantitative estimate of drug-likeness (QED) is 0.150. The summed E-state index contributed by atoms with van der Waals surface area (Å²) in [4.78, 5) is 17.3. The van der Waals surface area contributed by atoms with Crippen molar-refractivity contribution in [2.45, 2.75) is 0 Å². The molecule has 314 valence electrons. The maximum absolute atomic E-state index is 10.6. The molecule has 0 aliphatic rings. The summed E-state index contributed by atoms with van der Waals surface area (Å²) in [6, 6.07) is 74.2. The first-order valence-electron chi connectivity index (χ1n) is 22.2. The van der Waals surface area contributed by atoms with Crippen molar-refractivity contribution < 1.29 is 0 Å². The molecule has 0 N–H and O–H groups in total. The van der Waals surface area contributed by atoms with Gasteiger partial charge in [-0.05, 0) is 99.8 Å². The summed E-state index contributed by atoms with van der Waals surface area (Å²) in [6.07, 6.45) is 0. The Morgan fingerprint density at radius 2 is 0.838 bits per heavy atom. The van der Waals surface area contributed by atoms with E-state index >= 15 is 0 Å². The van der Waals surface area contributed by atoms with Crippen LogP contribution in [0.4, 0.5) is 11.4 Å². The predicted octanol–water partition coefficient (Wildman–Crippen LogP) is 16.0. The molecule has 0 fully saturated rings. The van der Waals surface area contributed by atoms with Gasteiger partial charge in [0, 0.05) is 38.8 Å². The highest BCUT2D eigenvalue weighted by Crippen LogP contribution is 2.40. The number of hydrogen-bond donors (Lipinski definition) is 0. The molecular formula is C61H35N7. The van der Waals surface area contributed by atoms with Gasteiger partial charge in [-0.3, -0.25) is 0 Å². The Kier molecular flexibility index (Phi) is 9.51. The molecule has 3 heterocycles. The molecule has 9 aromatic carbocycles. The average molecular weight is 866 g/mol. The fourth-order valence-electron chi connectivity index (χ4n) is 9.55. The largest absolute Gasteiger partial charge is 0.309 e. The number of para-hydroxylation sites is 1. The standard InChI is InChI=1S/C61H35N7/c1-63-46-25-30-58-52(34-46)53-35-47(64-2)26-31-59(53)68(58)49-28-32-60-54(36-49)51-15-9-10-16-57(51)67(60)48-27-29-50(45(33-48)38-62)41-21-17-39(18-22-41)40-19-23-43(24-20-40)56-37-55(42-11-5-3-6-12-42)65-61(66-56)44-13-7-4-8-14-44/h3-37H. The van der Waals surface area contributed by atoms with Crippen LogP contribution in [0.25, 0.3) is 121 Å². The predicted molar refractivity (Wildman–Crippen MR) is 275 cm³/mol. The molecule has 0 aliphatic carbocycles. The zero-order valence-corrected chi connectivity index (χ0v) is 36.3. The number of hydrogen-bond acceptors (Lipinski definition) is 3. The minimum absolute atomic E-state index is 0.557. The van der Waals surface area contributed by atoms with E-state index in [2.05, 4.69) is 140 Å². The van der Waals surface area contributed by atoms with Crippen LogP contribution in [0.5, 0.6) is 0 Å². The number of rotatable bonds is 7. The number of nitriles is 1. The van der Waals surface area contributed by atoms with Crippen LogP contribution in [0.3, 0.4) is 0 Å². The lowest BCUT2D eigenvalue weighted by Crippen LogP contribution is -1.97. The minimum Gasteiger partial charge on any atom is -0.309 e. The van der Waals surface area contributed by atoms with Gasteiger partial charge in [0.2, 0.25) is 0 Å². The SMILES string of the molecule is [C-]#[N+]c1ccc2c(c1)c1cc([N+]#[C-])ccc1n2-c1ccc2c(c1)c1ccccc1n2-c1ccc(-c2ccc(-c3ccc(-c4cc(-c5ccccc5)nc(-c5ccccc5)n4)cc3)cc2)c(C#N)c1. The molecule has 68 heavy (non-hydrogen) atoms. The summed E-state index contributed by atoms with van der Waals surface area (Å²) in [5.41, 5.74) is 16.2. The number of benzene rings is 9. The van der Waals surface area contributed by atoms with Crippen molar-refractivity contribution >= 4 is 55.0 Å². The molecule has 0 unspecified atom stereocenters. The van der Waals surface area contributed by atoms with Gasteiger partial charge in [0.25, 0.3) is 0 Å². The van der Waals surface area contributed by atoms with Gasteiger partial charge >= 0.3 is 0 Å². The Bertz CT molecular complexity index is 3960. The summed E-state index contributed by atoms with van der Waals surface area (Å²) in [5, 5.41) is 14.7. The molecule has 3 aromatic heterocycles. The molecule has 7 nitrogen and oxygen atoms in total. The Hall–Kier alpha value is -9.87. The van der Waals surface area contributed by atoms with Crippen LogP contribution >= 0.6 is 0 Å². The van der Waals surface area contributed by atoms with Crippen molar-refractivity contribution in [1.29, 1.82) is 5.26 Å². The third-order valence-electron chi connectivity index (χ3n) is 12.8. The van der Waals surface area contributed by atoms with Gasteiger partial charge in [-0.1, -0.05) is 146 Å². The third-order valence-corrected chi connectivity index (χ3v) is 12.8. The first kappa shape index (κ1) is 39.7. The molecule has 0 aliphatic heterocycles. The Balaban J connectivity index is 0.870. The van der Waals surface area contributed by atoms with E-state index in [4.69, 9.17) is 23.1 Å². The van der Waals surface area contributed by atoms with E-state index in [1.165, 1.54) is 0 Å². The van der Waals surface area contributed by atoms with Crippen LogP contribution in [0.2, 0.25) is 0 Å². The van der Waals surface area contributed by atoms with Crippen molar-refractivity contribution in [3.8, 4) is 73.6 Å². The maximum Gasteiger partial charge on any atom is 0.188 e. The second-order valence-corrected chi connectivity index (χ2v) is 16.7. The second-order valence-electron chi connectivity index (χ2n) is 16.7. The van der Waals surface area contributed by atoms with Gasteiger partial charge in [-0.2, -0.15) is 5.26 Å². The fourth-order valence-corrected chi connectivity index (χ4v) is 9.55. The lowest BCUT2D eigenvalue weighted by atomic mass is 9.96. The summed E-state index contributed by atoms with van der Waals surface area (Å²) >= 11 is 0. The molecular weight excluding hydrogens is 831 g/mol. The minimum atomic E-state index is 0.557. The van der Waals surface area contributed by atoms with Crippen molar-refractivity contribution in [2.24, 2.45) is 0 Å². The van der Waals surface area contributed by atoms with Gasteiger partial charge in [0.15, 0.2) is 17.2 Å². The molecule has 12 aromatic rings. The average Bonchev–Trinajstić information content (AvgIpc) is 3.92. The first-order valence-corrected chi connectivity index (χ1v) is 22.2. The molecule has 0 radical (unpaired) electrons. The number of aromatic nitrogens is 4. The van der Waals surface area contributed by atoms with Crippen LogP contribution in [-0.2, 0) is 0 Å². The molecule has 0 bridgehead atoms. The number of nitrogens with zero attached hydrogens (tertiary/aromatic N) is 7. The Morgan fingerprint density at radius 1 is 0.382 bits per heavy atom. The molecule has 0 saturated carbocycles.